The first kappa shape index (κ1) is 23.3. The number of aliphatic imine (C=N–C) groups is 1. The topological polar surface area (TPSA) is 48.9 Å². The fraction of sp³-hybridized carbons (Fsp3) is 0.435. The first-order chi connectivity index (χ1) is 13.7. The van der Waals surface area contributed by atoms with Crippen LogP contribution in [0.25, 0.3) is 0 Å². The molecule has 0 spiro atoms. The first-order valence-corrected chi connectivity index (χ1v) is 10.2. The zero-order chi connectivity index (χ0) is 19.8. The molecule has 1 unspecified atom stereocenters. The van der Waals surface area contributed by atoms with Crippen LogP contribution in [0.5, 0.6) is 5.75 Å². The number of anilines is 1. The lowest BCUT2D eigenvalue weighted by molar-refractivity contribution is 0.410. The van der Waals surface area contributed by atoms with Crippen molar-refractivity contribution in [3.05, 3.63) is 59.7 Å². The van der Waals surface area contributed by atoms with Crippen LogP contribution in [0, 0.1) is 0 Å². The largest absolute Gasteiger partial charge is 0.496 e. The van der Waals surface area contributed by atoms with E-state index in [1.807, 2.05) is 18.2 Å². The average molecular weight is 508 g/mol. The molecule has 1 heterocycles. The van der Waals surface area contributed by atoms with Crippen LogP contribution in [0.15, 0.2) is 53.5 Å². The number of halogens is 1. The summed E-state index contributed by atoms with van der Waals surface area (Å²) in [6.45, 7) is 7.97. The molecule has 0 aliphatic carbocycles. The van der Waals surface area contributed by atoms with E-state index in [2.05, 4.69) is 59.7 Å². The van der Waals surface area contributed by atoms with E-state index < -0.39 is 0 Å². The van der Waals surface area contributed by atoms with Crippen LogP contribution in [-0.4, -0.2) is 32.7 Å². The van der Waals surface area contributed by atoms with E-state index in [-0.39, 0.29) is 30.0 Å². The van der Waals surface area contributed by atoms with Crippen molar-refractivity contribution >= 4 is 35.6 Å². The van der Waals surface area contributed by atoms with E-state index in [0.29, 0.717) is 6.54 Å². The molecule has 1 saturated heterocycles. The number of benzene rings is 2. The number of guanidine groups is 1. The summed E-state index contributed by atoms with van der Waals surface area (Å²) in [7, 11) is 1.70. The molecule has 2 N–H and O–H groups in total. The number of nitrogens with zero attached hydrogens (tertiary/aromatic N) is 2. The van der Waals surface area contributed by atoms with Crippen LogP contribution in [0.4, 0.5) is 5.69 Å². The molecule has 1 fully saturated rings. The number of hydrogen-bond donors (Lipinski definition) is 2. The highest BCUT2D eigenvalue weighted by Crippen LogP contribution is 2.24. The Hall–Kier alpha value is -1.96. The second-order valence-electron chi connectivity index (χ2n) is 7.16. The van der Waals surface area contributed by atoms with Crippen molar-refractivity contribution in [2.24, 2.45) is 4.99 Å². The summed E-state index contributed by atoms with van der Waals surface area (Å²) in [5.41, 5.74) is 3.66. The molecule has 2 aromatic rings. The number of ether oxygens (including phenoxy) is 1. The van der Waals surface area contributed by atoms with Crippen molar-refractivity contribution in [3.63, 3.8) is 0 Å². The lowest BCUT2D eigenvalue weighted by Gasteiger charge is -2.22. The van der Waals surface area contributed by atoms with Gasteiger partial charge < -0.3 is 20.3 Å². The Balaban J connectivity index is 0.00000300. The molecule has 29 heavy (non-hydrogen) atoms. The van der Waals surface area contributed by atoms with Gasteiger partial charge >= 0.3 is 0 Å². The smallest absolute Gasteiger partial charge is 0.192 e. The van der Waals surface area contributed by atoms with Crippen LogP contribution >= 0.6 is 24.0 Å². The van der Waals surface area contributed by atoms with Gasteiger partial charge in [-0.05, 0) is 50.5 Å². The normalized spacial score (nSPS) is 14.9. The van der Waals surface area contributed by atoms with Crippen molar-refractivity contribution in [1.29, 1.82) is 0 Å². The molecular weight excluding hydrogens is 475 g/mol. The summed E-state index contributed by atoms with van der Waals surface area (Å²) < 4.78 is 5.44. The number of rotatable bonds is 7. The van der Waals surface area contributed by atoms with E-state index in [1.54, 1.807) is 7.11 Å². The lowest BCUT2D eigenvalue weighted by Crippen LogP contribution is -2.38. The molecule has 0 amide bonds. The molecule has 1 aliphatic heterocycles. The Morgan fingerprint density at radius 1 is 1.14 bits per heavy atom. The van der Waals surface area contributed by atoms with Gasteiger partial charge in [0.2, 0.25) is 0 Å². The van der Waals surface area contributed by atoms with Crippen LogP contribution in [0.1, 0.15) is 43.9 Å². The minimum atomic E-state index is 0. The van der Waals surface area contributed by atoms with Crippen LogP contribution < -0.4 is 20.3 Å². The van der Waals surface area contributed by atoms with Crippen molar-refractivity contribution in [2.75, 3.05) is 31.6 Å². The molecule has 158 valence electrons. The summed E-state index contributed by atoms with van der Waals surface area (Å²) in [6, 6.07) is 17.0. The highest BCUT2D eigenvalue weighted by Gasteiger charge is 2.14. The molecule has 1 atom stereocenters. The Morgan fingerprint density at radius 3 is 2.62 bits per heavy atom. The van der Waals surface area contributed by atoms with E-state index in [9.17, 15) is 0 Å². The predicted octanol–water partition coefficient (Wildman–Crippen LogP) is 4.73. The van der Waals surface area contributed by atoms with Crippen LogP contribution in [0.3, 0.4) is 0 Å². The van der Waals surface area contributed by atoms with Gasteiger partial charge in [-0.15, -0.1) is 24.0 Å². The van der Waals surface area contributed by atoms with Gasteiger partial charge in [0.05, 0.1) is 19.7 Å². The summed E-state index contributed by atoms with van der Waals surface area (Å²) >= 11 is 0. The highest BCUT2D eigenvalue weighted by atomic mass is 127. The highest BCUT2D eigenvalue weighted by molar-refractivity contribution is 14.0. The second-order valence-corrected chi connectivity index (χ2v) is 7.16. The van der Waals surface area contributed by atoms with Gasteiger partial charge in [-0.2, -0.15) is 0 Å². The van der Waals surface area contributed by atoms with Crippen LogP contribution in [0.2, 0.25) is 0 Å². The Bertz CT molecular complexity index is 790. The summed E-state index contributed by atoms with van der Waals surface area (Å²) in [6.07, 6.45) is 2.58. The minimum Gasteiger partial charge on any atom is -0.496 e. The molecule has 2 aromatic carbocycles. The van der Waals surface area contributed by atoms with Gasteiger partial charge in [-0.25, -0.2) is 4.99 Å². The number of methoxy groups -OCH3 is 1. The second kappa shape index (κ2) is 11.9. The van der Waals surface area contributed by atoms with Crippen molar-refractivity contribution in [2.45, 2.75) is 39.3 Å². The molecule has 6 heteroatoms. The number of hydrogen-bond acceptors (Lipinski definition) is 3. The Kier molecular flexibility index (Phi) is 9.57. The predicted molar refractivity (Wildman–Crippen MR) is 133 cm³/mol. The first-order valence-electron chi connectivity index (χ1n) is 10.2. The van der Waals surface area contributed by atoms with Crippen molar-refractivity contribution in [3.8, 4) is 5.75 Å². The standard InChI is InChI=1S/C23H32N4O.HI/c1-4-24-23(25-17-20-10-5-6-13-22(20)28-3)26-18(2)19-11-9-12-21(16-19)27-14-7-8-15-27;/h5-6,9-13,16,18H,4,7-8,14-15,17H2,1-3H3,(H2,24,25,26);1H. The molecule has 3 rings (SSSR count). The van der Waals surface area contributed by atoms with Crippen molar-refractivity contribution < 1.29 is 4.74 Å². The molecule has 0 aromatic heterocycles. The molecule has 0 saturated carbocycles. The third-order valence-corrected chi connectivity index (χ3v) is 5.14. The van der Waals surface area contributed by atoms with Gasteiger partial charge in [0.15, 0.2) is 5.96 Å². The fourth-order valence-electron chi connectivity index (χ4n) is 3.57. The molecule has 1 aliphatic rings. The maximum atomic E-state index is 5.44. The Morgan fingerprint density at radius 2 is 1.90 bits per heavy atom. The lowest BCUT2D eigenvalue weighted by atomic mass is 10.1. The van der Waals surface area contributed by atoms with Gasteiger partial charge in [-0.3, -0.25) is 0 Å². The minimum absolute atomic E-state index is 0. The summed E-state index contributed by atoms with van der Waals surface area (Å²) in [4.78, 5) is 7.23. The SMILES string of the molecule is CCNC(=NCc1ccccc1OC)NC(C)c1cccc(N2CCCC2)c1.I. The van der Waals surface area contributed by atoms with Gasteiger partial charge in [0.1, 0.15) is 5.75 Å². The van der Waals surface area contributed by atoms with E-state index in [0.717, 1.165) is 36.9 Å². The van der Waals surface area contributed by atoms with Crippen LogP contribution in [-0.2, 0) is 6.54 Å². The quantitative estimate of drug-likeness (QED) is 0.323. The number of para-hydroxylation sites is 1. The Labute approximate surface area is 192 Å². The molecule has 5 nitrogen and oxygen atoms in total. The van der Waals surface area contributed by atoms with Gasteiger partial charge in [-0.1, -0.05) is 30.3 Å². The fourth-order valence-corrected chi connectivity index (χ4v) is 3.57. The third kappa shape index (κ3) is 6.52. The van der Waals surface area contributed by atoms with Gasteiger partial charge in [0, 0.05) is 30.9 Å². The molecular formula is C23H33IN4O. The monoisotopic (exact) mass is 508 g/mol. The van der Waals surface area contributed by atoms with E-state index in [1.165, 1.54) is 24.1 Å². The summed E-state index contributed by atoms with van der Waals surface area (Å²) in [5, 5.41) is 6.89. The van der Waals surface area contributed by atoms with Crippen molar-refractivity contribution in [1.82, 2.24) is 10.6 Å². The summed E-state index contributed by atoms with van der Waals surface area (Å²) in [5.74, 6) is 1.68. The zero-order valence-corrected chi connectivity index (χ0v) is 20.0. The third-order valence-electron chi connectivity index (χ3n) is 5.14. The number of nitrogens with one attached hydrogen (secondary N) is 2. The van der Waals surface area contributed by atoms with E-state index in [4.69, 9.17) is 9.73 Å². The molecule has 0 radical (unpaired) electrons. The molecule has 0 bridgehead atoms. The average Bonchev–Trinajstić information content (AvgIpc) is 3.27. The maximum absolute atomic E-state index is 5.44. The maximum Gasteiger partial charge on any atom is 0.192 e. The van der Waals surface area contributed by atoms with Gasteiger partial charge in [0.25, 0.3) is 0 Å². The van der Waals surface area contributed by atoms with E-state index >= 15 is 0 Å². The zero-order valence-electron chi connectivity index (χ0n) is 17.6.